The van der Waals surface area contributed by atoms with Gasteiger partial charge in [-0.1, -0.05) is 42.5 Å². The minimum atomic E-state index is -0.292. The molecular weight excluding hydrogens is 278 g/mol. The van der Waals surface area contributed by atoms with E-state index >= 15 is 0 Å². The van der Waals surface area contributed by atoms with Crippen LogP contribution in [-0.4, -0.2) is 27.1 Å². The molecule has 0 saturated carbocycles. The van der Waals surface area contributed by atoms with Crippen molar-refractivity contribution < 1.29 is 9.53 Å². The smallest absolute Gasteiger partial charge is 0.410 e. The van der Waals surface area contributed by atoms with E-state index in [1.165, 1.54) is 0 Å². The summed E-state index contributed by atoms with van der Waals surface area (Å²) in [5.41, 5.74) is 2.00. The molecule has 22 heavy (non-hydrogen) atoms. The maximum atomic E-state index is 12.4. The van der Waals surface area contributed by atoms with Gasteiger partial charge in [0.2, 0.25) is 0 Å². The monoisotopic (exact) mass is 297 g/mol. The lowest BCUT2D eigenvalue weighted by atomic mass is 10.1. The van der Waals surface area contributed by atoms with Gasteiger partial charge in [-0.15, -0.1) is 0 Å². The van der Waals surface area contributed by atoms with Crippen LogP contribution < -0.4 is 0 Å². The Hall–Kier alpha value is -2.56. The zero-order chi connectivity index (χ0) is 15.4. The van der Waals surface area contributed by atoms with Gasteiger partial charge in [0.25, 0.3) is 0 Å². The number of amides is 1. The first-order valence-corrected chi connectivity index (χ1v) is 7.34. The maximum absolute atomic E-state index is 12.4. The largest absolute Gasteiger partial charge is 0.445 e. The Kier molecular flexibility index (Phi) is 4.23. The van der Waals surface area contributed by atoms with Crippen LogP contribution in [0, 0.1) is 0 Å². The normalized spacial score (nSPS) is 17.5. The molecule has 1 unspecified atom stereocenters. The van der Waals surface area contributed by atoms with Crippen LogP contribution in [0.25, 0.3) is 0 Å². The Balaban J connectivity index is 1.70. The maximum Gasteiger partial charge on any atom is 0.410 e. The van der Waals surface area contributed by atoms with Gasteiger partial charge in [-0.2, -0.15) is 0 Å². The third kappa shape index (κ3) is 3.03. The van der Waals surface area contributed by atoms with Gasteiger partial charge in [-0.25, -0.2) is 9.78 Å². The fraction of sp³-hybridized carbons (Fsp3) is 0.294. The van der Waals surface area contributed by atoms with Crippen molar-refractivity contribution in [3.63, 3.8) is 0 Å². The molecule has 1 amide bonds. The van der Waals surface area contributed by atoms with Crippen molar-refractivity contribution in [2.24, 2.45) is 7.05 Å². The second-order valence-electron chi connectivity index (χ2n) is 5.34. The first kappa shape index (κ1) is 14.4. The number of aryl methyl sites for hydroxylation is 1. The molecule has 3 rings (SSSR count). The van der Waals surface area contributed by atoms with Crippen LogP contribution in [0.3, 0.4) is 0 Å². The zero-order valence-electron chi connectivity index (χ0n) is 12.6. The molecule has 5 heteroatoms. The van der Waals surface area contributed by atoms with Crippen LogP contribution in [0.2, 0.25) is 0 Å². The first-order valence-electron chi connectivity index (χ1n) is 7.34. The highest BCUT2D eigenvalue weighted by atomic mass is 16.6. The van der Waals surface area contributed by atoms with Gasteiger partial charge in [0.1, 0.15) is 6.61 Å². The highest BCUT2D eigenvalue weighted by Gasteiger charge is 2.28. The summed E-state index contributed by atoms with van der Waals surface area (Å²) in [5.74, 6) is 0. The Labute approximate surface area is 129 Å². The number of nitrogens with zero attached hydrogens (tertiary/aromatic N) is 3. The fourth-order valence-electron chi connectivity index (χ4n) is 2.64. The highest BCUT2D eigenvalue weighted by Crippen LogP contribution is 2.28. The molecule has 0 fully saturated rings. The lowest BCUT2D eigenvalue weighted by Crippen LogP contribution is -2.37. The van der Waals surface area contributed by atoms with E-state index in [9.17, 15) is 4.79 Å². The van der Waals surface area contributed by atoms with Crippen molar-refractivity contribution in [3.05, 3.63) is 66.3 Å². The topological polar surface area (TPSA) is 47.4 Å². The molecule has 2 heterocycles. The molecule has 0 spiro atoms. The Morgan fingerprint density at radius 1 is 1.32 bits per heavy atom. The van der Waals surface area contributed by atoms with E-state index in [-0.39, 0.29) is 18.7 Å². The predicted molar refractivity (Wildman–Crippen MR) is 83.0 cm³/mol. The second-order valence-corrected chi connectivity index (χ2v) is 5.34. The molecule has 2 aromatic rings. The summed E-state index contributed by atoms with van der Waals surface area (Å²) < 4.78 is 7.40. The van der Waals surface area contributed by atoms with Crippen molar-refractivity contribution >= 4 is 6.09 Å². The SMILES string of the molecule is Cn1cncc1C1CC=CCN1C(=O)OCc1ccccc1. The lowest BCUT2D eigenvalue weighted by Gasteiger charge is -2.32. The summed E-state index contributed by atoms with van der Waals surface area (Å²) in [6.07, 6.45) is 8.14. The molecule has 1 aliphatic rings. The summed E-state index contributed by atoms with van der Waals surface area (Å²) in [6, 6.07) is 9.68. The Morgan fingerprint density at radius 2 is 2.14 bits per heavy atom. The van der Waals surface area contributed by atoms with Crippen LogP contribution in [0.4, 0.5) is 4.79 Å². The number of ether oxygens (including phenoxy) is 1. The zero-order valence-corrected chi connectivity index (χ0v) is 12.6. The molecule has 1 aliphatic heterocycles. The molecule has 0 aliphatic carbocycles. The number of hydrogen-bond acceptors (Lipinski definition) is 3. The van der Waals surface area contributed by atoms with E-state index in [4.69, 9.17) is 4.74 Å². The van der Waals surface area contributed by atoms with E-state index in [2.05, 4.69) is 11.1 Å². The Bertz CT molecular complexity index is 664. The number of rotatable bonds is 3. The molecular formula is C17H19N3O2. The third-order valence-electron chi connectivity index (χ3n) is 3.84. The fourth-order valence-corrected chi connectivity index (χ4v) is 2.64. The van der Waals surface area contributed by atoms with E-state index in [0.717, 1.165) is 17.7 Å². The molecule has 1 aromatic heterocycles. The van der Waals surface area contributed by atoms with Crippen LogP contribution in [0.15, 0.2) is 55.0 Å². The third-order valence-corrected chi connectivity index (χ3v) is 3.84. The summed E-state index contributed by atoms with van der Waals surface area (Å²) in [6.45, 7) is 0.849. The Morgan fingerprint density at radius 3 is 2.86 bits per heavy atom. The van der Waals surface area contributed by atoms with Gasteiger partial charge in [0, 0.05) is 13.6 Å². The van der Waals surface area contributed by atoms with Crippen LogP contribution in [0.5, 0.6) is 0 Å². The standard InChI is InChI=1S/C17H19N3O2/c1-19-13-18-11-16(19)15-9-5-6-10-20(15)17(21)22-12-14-7-3-2-4-8-14/h2-8,11,13,15H,9-10,12H2,1H3. The summed E-state index contributed by atoms with van der Waals surface area (Å²) in [5, 5.41) is 0. The molecule has 0 bridgehead atoms. The van der Waals surface area contributed by atoms with Crippen molar-refractivity contribution in [1.82, 2.24) is 14.5 Å². The van der Waals surface area contributed by atoms with Gasteiger partial charge in [0.15, 0.2) is 0 Å². The van der Waals surface area contributed by atoms with E-state index in [0.29, 0.717) is 6.54 Å². The minimum Gasteiger partial charge on any atom is -0.445 e. The summed E-state index contributed by atoms with van der Waals surface area (Å²) in [7, 11) is 1.94. The number of carbonyl (C=O) groups is 1. The second kappa shape index (κ2) is 6.47. The molecule has 0 radical (unpaired) electrons. The van der Waals surface area contributed by atoms with Gasteiger partial charge >= 0.3 is 6.09 Å². The summed E-state index contributed by atoms with van der Waals surface area (Å²) in [4.78, 5) is 18.3. The molecule has 0 saturated heterocycles. The average molecular weight is 297 g/mol. The number of aromatic nitrogens is 2. The van der Waals surface area contributed by atoms with Gasteiger partial charge in [-0.3, -0.25) is 4.90 Å². The number of imidazole rings is 1. The number of benzene rings is 1. The van der Waals surface area contributed by atoms with Crippen molar-refractivity contribution in [2.45, 2.75) is 19.1 Å². The highest BCUT2D eigenvalue weighted by molar-refractivity contribution is 5.68. The van der Waals surface area contributed by atoms with Crippen molar-refractivity contribution in [1.29, 1.82) is 0 Å². The predicted octanol–water partition coefficient (Wildman–Crippen LogP) is 3.06. The minimum absolute atomic E-state index is 0.0271. The number of hydrogen-bond donors (Lipinski definition) is 0. The first-order chi connectivity index (χ1) is 10.8. The van der Waals surface area contributed by atoms with Gasteiger partial charge in [-0.05, 0) is 12.0 Å². The summed E-state index contributed by atoms with van der Waals surface area (Å²) >= 11 is 0. The van der Waals surface area contributed by atoms with Crippen LogP contribution >= 0.6 is 0 Å². The number of carbonyl (C=O) groups excluding carboxylic acids is 1. The van der Waals surface area contributed by atoms with Crippen LogP contribution in [-0.2, 0) is 18.4 Å². The quantitative estimate of drug-likeness (QED) is 0.818. The van der Waals surface area contributed by atoms with Gasteiger partial charge < -0.3 is 9.30 Å². The lowest BCUT2D eigenvalue weighted by molar-refractivity contribution is 0.0819. The van der Waals surface area contributed by atoms with Gasteiger partial charge in [0.05, 0.1) is 24.3 Å². The van der Waals surface area contributed by atoms with E-state index < -0.39 is 0 Å². The van der Waals surface area contributed by atoms with Crippen LogP contribution in [0.1, 0.15) is 23.7 Å². The molecule has 5 nitrogen and oxygen atoms in total. The molecule has 1 aromatic carbocycles. The molecule has 114 valence electrons. The van der Waals surface area contributed by atoms with E-state index in [1.807, 2.05) is 48.0 Å². The molecule has 1 atom stereocenters. The van der Waals surface area contributed by atoms with E-state index in [1.54, 1.807) is 17.4 Å². The molecule has 0 N–H and O–H groups in total. The van der Waals surface area contributed by atoms with Crippen molar-refractivity contribution in [3.8, 4) is 0 Å². The average Bonchev–Trinajstić information content (AvgIpc) is 2.99. The van der Waals surface area contributed by atoms with Crippen molar-refractivity contribution in [2.75, 3.05) is 6.54 Å².